The molecule has 0 N–H and O–H groups in total. The fourth-order valence-corrected chi connectivity index (χ4v) is 2.94. The maximum Gasteiger partial charge on any atom is 0.360 e. The molecular weight excluding hydrogens is 340 g/mol. The number of rotatable bonds is 4. The van der Waals surface area contributed by atoms with Crippen LogP contribution >= 0.6 is 0 Å². The minimum Gasteiger partial charge on any atom is -0.464 e. The number of likely N-dealkylation sites (N-methyl/N-ethyl adjacent to an activating group) is 1. The lowest BCUT2D eigenvalue weighted by atomic mass is 10.2. The second-order valence-corrected chi connectivity index (χ2v) is 6.11. The molecule has 10 nitrogen and oxygen atoms in total. The number of nitrogens with zero attached hydrogens (tertiary/aromatic N) is 6. The van der Waals surface area contributed by atoms with Crippen LogP contribution in [0, 0.1) is 10.1 Å². The Morgan fingerprint density at radius 3 is 2.81 bits per heavy atom. The molecule has 26 heavy (non-hydrogen) atoms. The monoisotopic (exact) mass is 360 g/mol. The van der Waals surface area contributed by atoms with Crippen LogP contribution in [0.5, 0.6) is 0 Å². The van der Waals surface area contributed by atoms with Gasteiger partial charge in [-0.05, 0) is 32.1 Å². The normalized spacial score (nSPS) is 15.5. The van der Waals surface area contributed by atoms with Gasteiger partial charge in [0.05, 0.1) is 23.9 Å². The Kier molecular flexibility index (Phi) is 5.12. The summed E-state index contributed by atoms with van der Waals surface area (Å²) in [6, 6.07) is 4.89. The topological polar surface area (TPSA) is 107 Å². The zero-order valence-electron chi connectivity index (χ0n) is 14.7. The van der Waals surface area contributed by atoms with Gasteiger partial charge in [-0.25, -0.2) is 9.48 Å². The van der Waals surface area contributed by atoms with E-state index in [9.17, 15) is 14.9 Å². The smallest absolute Gasteiger partial charge is 0.360 e. The van der Waals surface area contributed by atoms with Gasteiger partial charge in [0.1, 0.15) is 5.69 Å². The summed E-state index contributed by atoms with van der Waals surface area (Å²) in [5.41, 5.74) is 1.08. The van der Waals surface area contributed by atoms with Crippen LogP contribution in [0.1, 0.15) is 16.9 Å². The van der Waals surface area contributed by atoms with Crippen LogP contribution in [0.3, 0.4) is 0 Å². The molecule has 1 fully saturated rings. The average molecular weight is 360 g/mol. The van der Waals surface area contributed by atoms with Crippen LogP contribution in [0.15, 0.2) is 24.4 Å². The van der Waals surface area contributed by atoms with Gasteiger partial charge in [-0.1, -0.05) is 5.21 Å². The van der Waals surface area contributed by atoms with Crippen molar-refractivity contribution in [1.29, 1.82) is 0 Å². The third-order valence-electron chi connectivity index (χ3n) is 4.37. The number of methoxy groups -OCH3 is 1. The van der Waals surface area contributed by atoms with E-state index < -0.39 is 10.9 Å². The molecule has 0 saturated carbocycles. The summed E-state index contributed by atoms with van der Waals surface area (Å²) >= 11 is 0. The number of aromatic nitrogens is 3. The Bertz CT molecular complexity index is 821. The summed E-state index contributed by atoms with van der Waals surface area (Å²) in [4.78, 5) is 27.0. The number of ether oxygens (including phenoxy) is 1. The maximum absolute atomic E-state index is 11.6. The van der Waals surface area contributed by atoms with Gasteiger partial charge in [0.15, 0.2) is 5.69 Å². The first-order valence-corrected chi connectivity index (χ1v) is 8.22. The second-order valence-electron chi connectivity index (χ2n) is 6.11. The van der Waals surface area contributed by atoms with Crippen molar-refractivity contribution in [3.8, 4) is 5.69 Å². The molecule has 0 amide bonds. The van der Waals surface area contributed by atoms with Crippen molar-refractivity contribution in [2.75, 3.05) is 45.2 Å². The lowest BCUT2D eigenvalue weighted by molar-refractivity contribution is -0.384. The van der Waals surface area contributed by atoms with E-state index in [-0.39, 0.29) is 11.4 Å². The molecule has 0 atom stereocenters. The lowest BCUT2D eigenvalue weighted by Gasteiger charge is -2.22. The Morgan fingerprint density at radius 1 is 1.27 bits per heavy atom. The Morgan fingerprint density at radius 2 is 2.08 bits per heavy atom. The van der Waals surface area contributed by atoms with E-state index >= 15 is 0 Å². The number of hydrogen-bond donors (Lipinski definition) is 0. The molecule has 3 rings (SSSR count). The summed E-state index contributed by atoms with van der Waals surface area (Å²) in [6.45, 7) is 3.31. The number of nitro benzene ring substituents is 1. The predicted molar refractivity (Wildman–Crippen MR) is 93.7 cm³/mol. The minimum absolute atomic E-state index is 0.00201. The van der Waals surface area contributed by atoms with Crippen molar-refractivity contribution in [3.05, 3.63) is 40.2 Å². The van der Waals surface area contributed by atoms with Gasteiger partial charge < -0.3 is 14.5 Å². The van der Waals surface area contributed by atoms with Gasteiger partial charge in [0.2, 0.25) is 0 Å². The molecular formula is C16H20N6O4. The Balaban J connectivity index is 1.93. The van der Waals surface area contributed by atoms with Gasteiger partial charge in [-0.3, -0.25) is 10.1 Å². The molecule has 1 aliphatic heterocycles. The van der Waals surface area contributed by atoms with Crippen LogP contribution in [0.2, 0.25) is 0 Å². The van der Waals surface area contributed by atoms with Crippen LogP contribution in [0.4, 0.5) is 11.4 Å². The SMILES string of the molecule is COC(=O)c1cn(-c2ccc(N3CCCN(C)CC3)c([N+](=O)[O-])c2)nn1. The minimum atomic E-state index is -0.615. The number of esters is 1. The molecule has 0 unspecified atom stereocenters. The molecule has 0 bridgehead atoms. The molecule has 1 aromatic carbocycles. The number of benzene rings is 1. The van der Waals surface area contributed by atoms with Gasteiger partial charge in [0, 0.05) is 25.7 Å². The van der Waals surface area contributed by atoms with E-state index in [1.165, 1.54) is 24.1 Å². The summed E-state index contributed by atoms with van der Waals surface area (Å²) in [5.74, 6) is -0.615. The van der Waals surface area contributed by atoms with Crippen LogP contribution in [-0.2, 0) is 4.74 Å². The first-order chi connectivity index (χ1) is 12.5. The van der Waals surface area contributed by atoms with E-state index in [0.29, 0.717) is 11.4 Å². The van der Waals surface area contributed by atoms with Crippen molar-refractivity contribution < 1.29 is 14.5 Å². The molecule has 0 radical (unpaired) electrons. The first kappa shape index (κ1) is 17.8. The van der Waals surface area contributed by atoms with E-state index in [0.717, 1.165) is 32.6 Å². The summed E-state index contributed by atoms with van der Waals surface area (Å²) < 4.78 is 5.91. The van der Waals surface area contributed by atoms with Crippen LogP contribution in [-0.4, -0.2) is 71.1 Å². The van der Waals surface area contributed by atoms with E-state index in [1.54, 1.807) is 12.1 Å². The highest BCUT2D eigenvalue weighted by Gasteiger charge is 2.23. The van der Waals surface area contributed by atoms with Crippen LogP contribution < -0.4 is 4.90 Å². The van der Waals surface area contributed by atoms with Gasteiger partial charge in [0.25, 0.3) is 5.69 Å². The molecule has 2 aromatic rings. The van der Waals surface area contributed by atoms with Crippen molar-refractivity contribution in [1.82, 2.24) is 19.9 Å². The van der Waals surface area contributed by atoms with Crippen molar-refractivity contribution in [3.63, 3.8) is 0 Å². The lowest BCUT2D eigenvalue weighted by Crippen LogP contribution is -2.29. The number of carbonyl (C=O) groups is 1. The van der Waals surface area contributed by atoms with Gasteiger partial charge >= 0.3 is 5.97 Å². The van der Waals surface area contributed by atoms with E-state index in [1.807, 2.05) is 11.9 Å². The molecule has 138 valence electrons. The molecule has 1 aromatic heterocycles. The number of nitro groups is 1. The molecule has 0 spiro atoms. The quantitative estimate of drug-likeness (QED) is 0.453. The number of carbonyl (C=O) groups excluding carboxylic acids is 1. The molecule has 1 aliphatic rings. The van der Waals surface area contributed by atoms with Crippen molar-refractivity contribution in [2.45, 2.75) is 6.42 Å². The highest BCUT2D eigenvalue weighted by Crippen LogP contribution is 2.31. The zero-order valence-corrected chi connectivity index (χ0v) is 14.7. The van der Waals surface area contributed by atoms with Gasteiger partial charge in [-0.15, -0.1) is 5.10 Å². The van der Waals surface area contributed by atoms with Crippen LogP contribution in [0.25, 0.3) is 5.69 Å². The Labute approximate surface area is 150 Å². The molecule has 1 saturated heterocycles. The third kappa shape index (κ3) is 3.64. The van der Waals surface area contributed by atoms with E-state index in [4.69, 9.17) is 0 Å². The average Bonchev–Trinajstić information content (AvgIpc) is 3.03. The number of anilines is 1. The highest BCUT2D eigenvalue weighted by molar-refractivity contribution is 5.86. The summed E-state index contributed by atoms with van der Waals surface area (Å²) in [6.07, 6.45) is 2.33. The molecule has 2 heterocycles. The van der Waals surface area contributed by atoms with E-state index in [2.05, 4.69) is 19.9 Å². The third-order valence-corrected chi connectivity index (χ3v) is 4.37. The van der Waals surface area contributed by atoms with Crippen molar-refractivity contribution >= 4 is 17.3 Å². The first-order valence-electron chi connectivity index (χ1n) is 8.22. The van der Waals surface area contributed by atoms with Crippen molar-refractivity contribution in [2.24, 2.45) is 0 Å². The van der Waals surface area contributed by atoms with Gasteiger partial charge in [-0.2, -0.15) is 0 Å². The fraction of sp³-hybridized carbons (Fsp3) is 0.438. The summed E-state index contributed by atoms with van der Waals surface area (Å²) in [7, 11) is 3.30. The zero-order chi connectivity index (χ0) is 18.7. The fourth-order valence-electron chi connectivity index (χ4n) is 2.94. The predicted octanol–water partition coefficient (Wildman–Crippen LogP) is 1.10. The standard InChI is InChI=1S/C16H20N6O4/c1-19-6-3-7-20(9-8-19)14-5-4-12(10-15(14)22(24)25)21-11-13(17-18-21)16(23)26-2/h4-5,10-11H,3,6-9H2,1-2H3. The summed E-state index contributed by atoms with van der Waals surface area (Å²) in [5, 5.41) is 19.2. The maximum atomic E-state index is 11.6. The largest absolute Gasteiger partial charge is 0.464 e. The Hall–Kier alpha value is -3.01. The molecule has 0 aliphatic carbocycles. The number of hydrogen-bond acceptors (Lipinski definition) is 8. The highest BCUT2D eigenvalue weighted by atomic mass is 16.6. The second kappa shape index (κ2) is 7.48. The molecule has 10 heteroatoms.